The smallest absolute Gasteiger partial charge is 0.277 e. The minimum atomic E-state index is -4.13. The number of aromatic nitrogens is 3. The largest absolute Gasteiger partial charge is 0.384 e. The SMILES string of the molecule is Cc1ccc(S(=O)(=O)c2c(N)n(CCNC(=O)c3cc([N+](=O)[O-])cc([N+](=O)[O-])c3)c3nc4ccccc4nc23)cc1. The van der Waals surface area contributed by atoms with Crippen molar-refractivity contribution in [1.82, 2.24) is 19.9 Å². The maximum Gasteiger partial charge on any atom is 0.277 e. The van der Waals surface area contributed by atoms with E-state index in [2.05, 4.69) is 15.3 Å². The van der Waals surface area contributed by atoms with Gasteiger partial charge in [0, 0.05) is 25.2 Å². The lowest BCUT2D eigenvalue weighted by Crippen LogP contribution is -2.27. The second-order valence-electron chi connectivity index (χ2n) is 9.08. The summed E-state index contributed by atoms with van der Waals surface area (Å²) in [5.74, 6) is -0.952. The number of anilines is 1. The summed E-state index contributed by atoms with van der Waals surface area (Å²) in [5, 5.41) is 24.9. The number of para-hydroxylation sites is 2. The average molecular weight is 576 g/mol. The number of amides is 1. The van der Waals surface area contributed by atoms with Gasteiger partial charge in [-0.25, -0.2) is 18.4 Å². The van der Waals surface area contributed by atoms with Gasteiger partial charge in [0.05, 0.1) is 37.4 Å². The second kappa shape index (κ2) is 10.3. The van der Waals surface area contributed by atoms with Gasteiger partial charge in [0.15, 0.2) is 5.65 Å². The van der Waals surface area contributed by atoms with Crippen LogP contribution in [-0.4, -0.2) is 45.3 Å². The van der Waals surface area contributed by atoms with E-state index in [-0.39, 0.29) is 45.4 Å². The molecule has 3 aromatic carbocycles. The summed E-state index contributed by atoms with van der Waals surface area (Å²) in [7, 11) is -4.13. The molecule has 0 aliphatic heterocycles. The molecule has 0 atom stereocenters. The summed E-state index contributed by atoms with van der Waals surface area (Å²) < 4.78 is 28.9. The van der Waals surface area contributed by atoms with Gasteiger partial charge in [-0.05, 0) is 31.2 Å². The molecule has 0 aliphatic carbocycles. The Morgan fingerprint density at radius 3 is 2.12 bits per heavy atom. The maximum absolute atomic E-state index is 13.7. The Kier molecular flexibility index (Phi) is 6.80. The number of rotatable bonds is 8. The van der Waals surface area contributed by atoms with Crippen LogP contribution >= 0.6 is 0 Å². The van der Waals surface area contributed by atoms with E-state index in [0.717, 1.165) is 23.8 Å². The van der Waals surface area contributed by atoms with Gasteiger partial charge in [-0.2, -0.15) is 0 Å². The van der Waals surface area contributed by atoms with E-state index < -0.39 is 37.0 Å². The van der Waals surface area contributed by atoms with E-state index in [1.807, 2.05) is 6.92 Å². The number of fused-ring (bicyclic) bond motifs is 2. The summed E-state index contributed by atoms with van der Waals surface area (Å²) >= 11 is 0. The molecule has 15 heteroatoms. The van der Waals surface area contributed by atoms with E-state index in [4.69, 9.17) is 5.73 Å². The number of nitrogen functional groups attached to an aromatic ring is 1. The molecule has 0 saturated carbocycles. The zero-order valence-electron chi connectivity index (χ0n) is 21.3. The van der Waals surface area contributed by atoms with Crippen LogP contribution in [-0.2, 0) is 16.4 Å². The fourth-order valence-corrected chi connectivity index (χ4v) is 5.84. The van der Waals surface area contributed by atoms with Crippen molar-refractivity contribution in [2.24, 2.45) is 0 Å². The van der Waals surface area contributed by atoms with E-state index in [1.165, 1.54) is 16.7 Å². The Morgan fingerprint density at radius 2 is 1.54 bits per heavy atom. The molecule has 0 spiro atoms. The highest BCUT2D eigenvalue weighted by molar-refractivity contribution is 7.92. The zero-order chi connectivity index (χ0) is 29.5. The molecular weight excluding hydrogens is 554 g/mol. The number of nitro benzene ring substituents is 2. The van der Waals surface area contributed by atoms with Gasteiger partial charge in [-0.1, -0.05) is 29.8 Å². The molecule has 41 heavy (non-hydrogen) atoms. The van der Waals surface area contributed by atoms with E-state index in [1.54, 1.807) is 36.4 Å². The van der Waals surface area contributed by atoms with Crippen molar-refractivity contribution in [2.45, 2.75) is 23.3 Å². The lowest BCUT2D eigenvalue weighted by Gasteiger charge is -2.10. The van der Waals surface area contributed by atoms with Crippen molar-refractivity contribution >= 4 is 55.1 Å². The third-order valence-corrected chi connectivity index (χ3v) is 8.19. The van der Waals surface area contributed by atoms with E-state index in [9.17, 15) is 33.4 Å². The molecule has 0 radical (unpaired) electrons. The number of nitro groups is 2. The first-order valence-corrected chi connectivity index (χ1v) is 13.5. The van der Waals surface area contributed by atoms with Crippen LogP contribution in [0.5, 0.6) is 0 Å². The molecule has 5 rings (SSSR count). The maximum atomic E-state index is 13.7. The monoisotopic (exact) mass is 575 g/mol. The van der Waals surface area contributed by atoms with Gasteiger partial charge >= 0.3 is 0 Å². The Morgan fingerprint density at radius 1 is 0.951 bits per heavy atom. The molecule has 5 aromatic rings. The number of benzene rings is 3. The van der Waals surface area contributed by atoms with Crippen molar-refractivity contribution < 1.29 is 23.1 Å². The number of carbonyl (C=O) groups excluding carboxylic acids is 1. The number of hydrogen-bond donors (Lipinski definition) is 2. The van der Waals surface area contributed by atoms with Gasteiger partial charge in [-0.15, -0.1) is 0 Å². The summed E-state index contributed by atoms with van der Waals surface area (Å²) in [4.78, 5) is 42.4. The lowest BCUT2D eigenvalue weighted by molar-refractivity contribution is -0.394. The standard InChI is InChI=1S/C26H21N7O7S/c1-15-6-8-19(9-7-15)41(39,40)23-22-25(30-21-5-3-2-4-20(21)29-22)31(24(23)27)11-10-28-26(34)16-12-17(32(35)36)14-18(13-16)33(37)38/h2-9,12-14H,10-11,27H2,1H3,(H,28,34). The summed E-state index contributed by atoms with van der Waals surface area (Å²) in [6, 6.07) is 15.8. The number of nitrogens with one attached hydrogen (secondary N) is 1. The highest BCUT2D eigenvalue weighted by Crippen LogP contribution is 2.35. The quantitative estimate of drug-likeness (QED) is 0.203. The van der Waals surface area contributed by atoms with Crippen LogP contribution < -0.4 is 11.1 Å². The van der Waals surface area contributed by atoms with Gasteiger partial charge in [0.25, 0.3) is 17.3 Å². The predicted molar refractivity (Wildman–Crippen MR) is 148 cm³/mol. The van der Waals surface area contributed by atoms with Gasteiger partial charge in [0.1, 0.15) is 16.2 Å². The Balaban J connectivity index is 1.53. The molecule has 0 aliphatic rings. The van der Waals surface area contributed by atoms with E-state index in [0.29, 0.717) is 11.0 Å². The Bertz CT molecular complexity index is 1960. The molecule has 14 nitrogen and oxygen atoms in total. The fraction of sp³-hybridized carbons (Fsp3) is 0.115. The van der Waals surface area contributed by atoms with Crippen LogP contribution in [0.2, 0.25) is 0 Å². The van der Waals surface area contributed by atoms with Crippen LogP contribution in [0.4, 0.5) is 17.2 Å². The predicted octanol–water partition coefficient (Wildman–Crippen LogP) is 3.55. The molecule has 2 aromatic heterocycles. The highest BCUT2D eigenvalue weighted by Gasteiger charge is 2.30. The first-order valence-electron chi connectivity index (χ1n) is 12.1. The lowest BCUT2D eigenvalue weighted by atomic mass is 10.1. The number of nitrogens with zero attached hydrogens (tertiary/aromatic N) is 5. The van der Waals surface area contributed by atoms with Gasteiger partial charge in [-0.3, -0.25) is 25.0 Å². The van der Waals surface area contributed by atoms with E-state index >= 15 is 0 Å². The minimum Gasteiger partial charge on any atom is -0.384 e. The number of non-ortho nitro benzene ring substituents is 2. The minimum absolute atomic E-state index is 0.0179. The normalized spacial score (nSPS) is 11.5. The molecule has 2 heterocycles. The molecule has 1 amide bonds. The third kappa shape index (κ3) is 5.00. The van der Waals surface area contributed by atoms with Crippen molar-refractivity contribution in [2.75, 3.05) is 12.3 Å². The van der Waals surface area contributed by atoms with Crippen molar-refractivity contribution in [3.05, 3.63) is 98.1 Å². The molecule has 3 N–H and O–H groups in total. The van der Waals surface area contributed by atoms with Crippen LogP contribution in [0, 0.1) is 27.2 Å². The van der Waals surface area contributed by atoms with Crippen LogP contribution in [0.15, 0.2) is 76.5 Å². The Hall–Kier alpha value is -5.44. The molecular formula is C26H21N7O7S. The topological polar surface area (TPSA) is 206 Å². The number of carbonyl (C=O) groups is 1. The van der Waals surface area contributed by atoms with Gasteiger partial charge in [0.2, 0.25) is 9.84 Å². The first-order chi connectivity index (χ1) is 19.5. The Labute approximate surface area is 231 Å². The number of sulfone groups is 1. The van der Waals surface area contributed by atoms with Crippen LogP contribution in [0.25, 0.3) is 22.2 Å². The first kappa shape index (κ1) is 27.1. The highest BCUT2D eigenvalue weighted by atomic mass is 32.2. The molecule has 208 valence electrons. The van der Waals surface area contributed by atoms with Crippen LogP contribution in [0.3, 0.4) is 0 Å². The molecule has 0 fully saturated rings. The number of hydrogen-bond acceptors (Lipinski definition) is 10. The summed E-state index contributed by atoms with van der Waals surface area (Å²) in [6.45, 7) is 1.65. The number of aryl methyl sites for hydroxylation is 1. The van der Waals surface area contributed by atoms with Crippen molar-refractivity contribution in [1.29, 1.82) is 0 Å². The molecule has 0 saturated heterocycles. The summed E-state index contributed by atoms with van der Waals surface area (Å²) in [6.07, 6.45) is 0. The summed E-state index contributed by atoms with van der Waals surface area (Å²) in [5.41, 5.74) is 6.94. The average Bonchev–Trinajstić information content (AvgIpc) is 3.22. The van der Waals surface area contributed by atoms with Crippen molar-refractivity contribution in [3.63, 3.8) is 0 Å². The third-order valence-electron chi connectivity index (χ3n) is 6.35. The van der Waals surface area contributed by atoms with Crippen LogP contribution in [0.1, 0.15) is 15.9 Å². The molecule has 0 bridgehead atoms. The second-order valence-corrected chi connectivity index (χ2v) is 11.0. The number of nitrogens with two attached hydrogens (primary N) is 1. The van der Waals surface area contributed by atoms with Crippen molar-refractivity contribution in [3.8, 4) is 0 Å². The van der Waals surface area contributed by atoms with Gasteiger partial charge < -0.3 is 15.6 Å². The fourth-order valence-electron chi connectivity index (χ4n) is 4.34. The molecule has 0 unspecified atom stereocenters. The zero-order valence-corrected chi connectivity index (χ0v) is 22.2.